The van der Waals surface area contributed by atoms with Gasteiger partial charge < -0.3 is 0 Å². The third kappa shape index (κ3) is 2.67. The molecule has 3 aromatic heterocycles. The molecule has 0 saturated carbocycles. The summed E-state index contributed by atoms with van der Waals surface area (Å²) in [6.45, 7) is -1.13. The van der Waals surface area contributed by atoms with Crippen LogP contribution < -0.4 is 11.0 Å². The first kappa shape index (κ1) is 14.6. The van der Waals surface area contributed by atoms with Crippen LogP contribution in [0.2, 0.25) is 0 Å². The lowest BCUT2D eigenvalue weighted by Crippen LogP contribution is -2.47. The van der Waals surface area contributed by atoms with Crippen LogP contribution in [0.3, 0.4) is 0 Å². The van der Waals surface area contributed by atoms with Gasteiger partial charge in [-0.3, -0.25) is 4.40 Å². The van der Waals surface area contributed by atoms with Gasteiger partial charge in [0.05, 0.1) is 5.69 Å². The zero-order valence-corrected chi connectivity index (χ0v) is 12.2. The molecule has 0 aliphatic carbocycles. The van der Waals surface area contributed by atoms with E-state index in [-0.39, 0.29) is 0 Å². The average molecular weight is 335 g/mol. The Labute approximate surface area is 133 Å². The van der Waals surface area contributed by atoms with Crippen LogP contribution in [0.4, 0.5) is 13.2 Å². The summed E-state index contributed by atoms with van der Waals surface area (Å²) in [6.07, 6.45) is 7.71. The normalized spacial score (nSPS) is 14.0. The van der Waals surface area contributed by atoms with E-state index in [0.29, 0.717) is 5.78 Å². The van der Waals surface area contributed by atoms with Crippen molar-refractivity contribution in [3.63, 3.8) is 0 Å². The van der Waals surface area contributed by atoms with Crippen molar-refractivity contribution in [3.8, 4) is 11.1 Å². The van der Waals surface area contributed by atoms with E-state index in [1.54, 1.807) is 39.9 Å². The molecule has 2 N–H and O–H groups in total. The first-order chi connectivity index (χ1) is 11.5. The molecule has 1 aliphatic heterocycles. The maximum Gasteiger partial charge on any atom is 0.402 e. The number of hydrogen-bond acceptors (Lipinski definition) is 5. The zero-order chi connectivity index (χ0) is 16.7. The van der Waals surface area contributed by atoms with Crippen LogP contribution in [0.15, 0.2) is 43.3 Å². The monoisotopic (exact) mass is 335 g/mol. The van der Waals surface area contributed by atoms with Gasteiger partial charge in [0.25, 0.3) is 0 Å². The summed E-state index contributed by atoms with van der Waals surface area (Å²) in [5.41, 5.74) is 7.62. The van der Waals surface area contributed by atoms with E-state index >= 15 is 0 Å². The highest BCUT2D eigenvalue weighted by Gasteiger charge is 2.28. The third-order valence-electron chi connectivity index (χ3n) is 3.53. The highest BCUT2D eigenvalue weighted by molar-refractivity contribution is 5.74. The summed E-state index contributed by atoms with van der Waals surface area (Å²) in [5, 5.41) is 1.15. The number of nitrogens with one attached hydrogen (secondary N) is 2. The molecule has 4 heterocycles. The molecule has 0 amide bonds. The Morgan fingerprint density at radius 3 is 2.92 bits per heavy atom. The summed E-state index contributed by atoms with van der Waals surface area (Å²) in [6, 6.07) is 1.86. The van der Waals surface area contributed by atoms with Crippen LogP contribution in [0, 0.1) is 0 Å². The molecule has 0 aromatic carbocycles. The van der Waals surface area contributed by atoms with E-state index in [9.17, 15) is 13.2 Å². The van der Waals surface area contributed by atoms with Gasteiger partial charge in [-0.25, -0.2) is 30.7 Å². The Kier molecular flexibility index (Phi) is 3.20. The van der Waals surface area contributed by atoms with Crippen molar-refractivity contribution in [1.29, 1.82) is 0 Å². The Morgan fingerprint density at radius 1 is 1.21 bits per heavy atom. The van der Waals surface area contributed by atoms with E-state index in [1.807, 2.05) is 12.3 Å². The minimum absolute atomic E-state index is 0.600. The third-order valence-corrected chi connectivity index (χ3v) is 3.53. The molecule has 0 bridgehead atoms. The maximum absolute atomic E-state index is 12.3. The van der Waals surface area contributed by atoms with Gasteiger partial charge in [-0.05, 0) is 12.1 Å². The number of imidazole rings is 1. The first-order valence-corrected chi connectivity index (χ1v) is 7.04. The predicted molar refractivity (Wildman–Crippen MR) is 80.7 cm³/mol. The van der Waals surface area contributed by atoms with E-state index in [0.717, 1.165) is 21.9 Å². The molecule has 4 rings (SSSR count). The second-order valence-corrected chi connectivity index (χ2v) is 5.20. The van der Waals surface area contributed by atoms with Crippen LogP contribution in [-0.2, 0) is 0 Å². The number of hydrogen-bond donors (Lipinski definition) is 2. The fourth-order valence-electron chi connectivity index (χ4n) is 2.46. The van der Waals surface area contributed by atoms with Crippen LogP contribution in [0.25, 0.3) is 23.0 Å². The van der Waals surface area contributed by atoms with Gasteiger partial charge in [0.1, 0.15) is 6.54 Å². The largest absolute Gasteiger partial charge is 0.402 e. The number of rotatable bonds is 3. The quantitative estimate of drug-likeness (QED) is 0.767. The minimum atomic E-state index is -4.29. The van der Waals surface area contributed by atoms with Crippen LogP contribution >= 0.6 is 0 Å². The van der Waals surface area contributed by atoms with Gasteiger partial charge in [-0.15, -0.1) is 0 Å². The molecule has 1 aliphatic rings. The van der Waals surface area contributed by atoms with Crippen molar-refractivity contribution in [2.75, 3.05) is 12.1 Å². The van der Waals surface area contributed by atoms with Crippen molar-refractivity contribution in [1.82, 2.24) is 29.6 Å². The molecule has 24 heavy (non-hydrogen) atoms. The second kappa shape index (κ2) is 5.27. The summed E-state index contributed by atoms with van der Waals surface area (Å²) in [4.78, 5) is 8.36. The molecule has 3 aromatic rings. The SMILES string of the molecule is FC(F)(F)CNN1C=Cc2c(-c3cnc4nccn4c3)ccn2N1. The molecule has 0 radical (unpaired) electrons. The summed E-state index contributed by atoms with van der Waals surface area (Å²) < 4.78 is 40.2. The number of aromatic nitrogens is 4. The van der Waals surface area contributed by atoms with Gasteiger partial charge in [0.2, 0.25) is 5.78 Å². The Morgan fingerprint density at radius 2 is 2.08 bits per heavy atom. The Hall–Kier alpha value is -3.01. The van der Waals surface area contributed by atoms with E-state index in [1.165, 1.54) is 6.20 Å². The lowest BCUT2D eigenvalue weighted by atomic mass is 10.1. The molecule has 10 heteroatoms. The van der Waals surface area contributed by atoms with E-state index < -0.39 is 12.7 Å². The Bertz CT molecular complexity index is 909. The topological polar surface area (TPSA) is 62.4 Å². The van der Waals surface area contributed by atoms with Crippen molar-refractivity contribution in [2.45, 2.75) is 6.18 Å². The highest BCUT2D eigenvalue weighted by Crippen LogP contribution is 2.26. The van der Waals surface area contributed by atoms with Crippen molar-refractivity contribution in [2.24, 2.45) is 0 Å². The zero-order valence-electron chi connectivity index (χ0n) is 12.2. The number of fused-ring (bicyclic) bond motifs is 2. The average Bonchev–Trinajstić information content (AvgIpc) is 3.17. The molecular formula is C14H12F3N7. The number of hydrazine groups is 2. The molecule has 0 saturated heterocycles. The Balaban J connectivity index is 1.59. The fourth-order valence-corrected chi connectivity index (χ4v) is 2.46. The highest BCUT2D eigenvalue weighted by atomic mass is 19.4. The van der Waals surface area contributed by atoms with Gasteiger partial charge in [-0.1, -0.05) is 0 Å². The number of nitrogens with zero attached hydrogens (tertiary/aromatic N) is 5. The van der Waals surface area contributed by atoms with Crippen molar-refractivity contribution >= 4 is 11.9 Å². The molecular weight excluding hydrogens is 323 g/mol. The molecule has 7 nitrogen and oxygen atoms in total. The summed E-state index contributed by atoms with van der Waals surface area (Å²) in [5.74, 6) is 0.600. The summed E-state index contributed by atoms with van der Waals surface area (Å²) in [7, 11) is 0. The summed E-state index contributed by atoms with van der Waals surface area (Å²) >= 11 is 0. The predicted octanol–water partition coefficient (Wildman–Crippen LogP) is 2.01. The lowest BCUT2D eigenvalue weighted by molar-refractivity contribution is -0.131. The van der Waals surface area contributed by atoms with Crippen LogP contribution in [-0.4, -0.2) is 36.9 Å². The van der Waals surface area contributed by atoms with E-state index in [4.69, 9.17) is 0 Å². The van der Waals surface area contributed by atoms with Gasteiger partial charge >= 0.3 is 6.18 Å². The molecule has 0 spiro atoms. The number of alkyl halides is 3. The van der Waals surface area contributed by atoms with Gasteiger partial charge in [-0.2, -0.15) is 13.2 Å². The van der Waals surface area contributed by atoms with Crippen molar-refractivity contribution < 1.29 is 13.2 Å². The first-order valence-electron chi connectivity index (χ1n) is 7.04. The fraction of sp³-hybridized carbons (Fsp3) is 0.143. The molecule has 124 valence electrons. The van der Waals surface area contributed by atoms with Gasteiger partial charge in [0.15, 0.2) is 0 Å². The molecule has 0 atom stereocenters. The standard InChI is InChI=1S/C14H12F3N7/c15-14(16,17)9-20-24-5-2-12-11(1-4-23(12)21-24)10-7-19-13-18-3-6-22(13)8-10/h1-8,20-21H,9H2. The van der Waals surface area contributed by atoms with E-state index in [2.05, 4.69) is 20.9 Å². The molecule has 0 fully saturated rings. The van der Waals surface area contributed by atoms with Gasteiger partial charge in [0, 0.05) is 48.3 Å². The number of halogens is 3. The minimum Gasteiger partial charge on any atom is -0.291 e. The van der Waals surface area contributed by atoms with Crippen LogP contribution in [0.5, 0.6) is 0 Å². The molecule has 0 unspecified atom stereocenters. The van der Waals surface area contributed by atoms with Crippen molar-refractivity contribution in [3.05, 3.63) is 48.9 Å². The van der Waals surface area contributed by atoms with Crippen LogP contribution in [0.1, 0.15) is 5.69 Å². The maximum atomic E-state index is 12.3. The smallest absolute Gasteiger partial charge is 0.291 e. The second-order valence-electron chi connectivity index (χ2n) is 5.20. The lowest BCUT2D eigenvalue weighted by Gasteiger charge is -2.28.